The number of methoxy groups -OCH3 is 1. The van der Waals surface area contributed by atoms with Crippen LogP contribution in [0.4, 0.5) is 5.69 Å². The topological polar surface area (TPSA) is 88.2 Å². The minimum Gasteiger partial charge on any atom is -0.491 e. The van der Waals surface area contributed by atoms with E-state index in [0.717, 1.165) is 6.42 Å². The van der Waals surface area contributed by atoms with Crippen molar-refractivity contribution in [3.63, 3.8) is 0 Å². The lowest BCUT2D eigenvalue weighted by Gasteiger charge is -2.35. The van der Waals surface area contributed by atoms with Gasteiger partial charge in [-0.15, -0.1) is 0 Å². The standard InChI is InChI=1S/C23H35N3O5/c1-7-8-22(28)24-18-9-10-19-20(11-18)31-14-16(3)26(17(4)27)12-15(2)21(30-6)13-25(5)23(19)29/h9-11,15-16,21H,7-8,12-14H2,1-6H3,(H,24,28)/t15-,16-,21-/m1/s1. The molecule has 31 heavy (non-hydrogen) atoms. The van der Waals surface area contributed by atoms with Crippen LogP contribution in [0.15, 0.2) is 18.2 Å². The maximum Gasteiger partial charge on any atom is 0.257 e. The fraction of sp³-hybridized carbons (Fsp3) is 0.609. The van der Waals surface area contributed by atoms with Gasteiger partial charge in [0.25, 0.3) is 5.91 Å². The van der Waals surface area contributed by atoms with Gasteiger partial charge < -0.3 is 24.6 Å². The summed E-state index contributed by atoms with van der Waals surface area (Å²) < 4.78 is 11.7. The number of ether oxygens (including phenoxy) is 2. The van der Waals surface area contributed by atoms with Crippen LogP contribution in [0.2, 0.25) is 0 Å². The lowest BCUT2D eigenvalue weighted by atomic mass is 10.0. The molecule has 1 aliphatic heterocycles. The Balaban J connectivity index is 2.41. The molecule has 0 saturated carbocycles. The van der Waals surface area contributed by atoms with Gasteiger partial charge in [-0.1, -0.05) is 13.8 Å². The molecule has 0 bridgehead atoms. The van der Waals surface area contributed by atoms with Gasteiger partial charge in [-0.05, 0) is 25.5 Å². The summed E-state index contributed by atoms with van der Waals surface area (Å²) in [5.74, 6) is 0.0882. The van der Waals surface area contributed by atoms with E-state index in [4.69, 9.17) is 9.47 Å². The first-order valence-corrected chi connectivity index (χ1v) is 10.8. The van der Waals surface area contributed by atoms with Crippen molar-refractivity contribution in [2.75, 3.05) is 39.2 Å². The molecule has 1 N–H and O–H groups in total. The monoisotopic (exact) mass is 433 g/mol. The fourth-order valence-electron chi connectivity index (χ4n) is 3.74. The number of nitrogens with zero attached hydrogens (tertiary/aromatic N) is 2. The van der Waals surface area contributed by atoms with Crippen LogP contribution in [0.5, 0.6) is 5.75 Å². The second-order valence-electron chi connectivity index (χ2n) is 8.28. The first-order chi connectivity index (χ1) is 14.7. The summed E-state index contributed by atoms with van der Waals surface area (Å²) in [4.78, 5) is 40.8. The Labute approximate surface area is 184 Å². The fourth-order valence-corrected chi connectivity index (χ4v) is 3.74. The Morgan fingerprint density at radius 1 is 1.26 bits per heavy atom. The van der Waals surface area contributed by atoms with Crippen LogP contribution in [0.25, 0.3) is 0 Å². The van der Waals surface area contributed by atoms with E-state index in [-0.39, 0.29) is 42.4 Å². The summed E-state index contributed by atoms with van der Waals surface area (Å²) in [5.41, 5.74) is 0.972. The molecule has 0 aromatic heterocycles. The molecule has 0 saturated heterocycles. The van der Waals surface area contributed by atoms with E-state index in [1.165, 1.54) is 0 Å². The zero-order chi connectivity index (χ0) is 23.1. The van der Waals surface area contributed by atoms with Crippen LogP contribution in [0.3, 0.4) is 0 Å². The van der Waals surface area contributed by atoms with Gasteiger partial charge in [-0.3, -0.25) is 14.4 Å². The highest BCUT2D eigenvalue weighted by Crippen LogP contribution is 2.27. The second-order valence-corrected chi connectivity index (χ2v) is 8.28. The van der Waals surface area contributed by atoms with Gasteiger partial charge >= 0.3 is 0 Å². The molecule has 1 aliphatic rings. The molecule has 8 nitrogen and oxygen atoms in total. The molecule has 1 aromatic carbocycles. The molecular weight excluding hydrogens is 398 g/mol. The minimum absolute atomic E-state index is 0.0293. The Bertz CT molecular complexity index is 797. The number of likely N-dealkylation sites (N-methyl/N-ethyl adjacent to an activating group) is 1. The van der Waals surface area contributed by atoms with Gasteiger partial charge in [0, 0.05) is 58.3 Å². The summed E-state index contributed by atoms with van der Waals surface area (Å²) in [6.45, 7) is 8.52. The molecule has 3 amide bonds. The lowest BCUT2D eigenvalue weighted by molar-refractivity contribution is -0.133. The number of hydrogen-bond donors (Lipinski definition) is 1. The first kappa shape index (κ1) is 24.7. The summed E-state index contributed by atoms with van der Waals surface area (Å²) in [6.07, 6.45) is 0.939. The van der Waals surface area contributed by atoms with E-state index >= 15 is 0 Å². The van der Waals surface area contributed by atoms with Crippen molar-refractivity contribution < 1.29 is 23.9 Å². The third-order valence-corrected chi connectivity index (χ3v) is 5.61. The van der Waals surface area contributed by atoms with Gasteiger partial charge in [0.15, 0.2) is 0 Å². The van der Waals surface area contributed by atoms with Crippen molar-refractivity contribution in [2.45, 2.75) is 52.7 Å². The van der Waals surface area contributed by atoms with Gasteiger partial charge in [0.2, 0.25) is 11.8 Å². The van der Waals surface area contributed by atoms with Crippen LogP contribution >= 0.6 is 0 Å². The number of nitrogens with one attached hydrogen (secondary N) is 1. The highest BCUT2D eigenvalue weighted by atomic mass is 16.5. The van der Waals surface area contributed by atoms with Crippen molar-refractivity contribution in [2.24, 2.45) is 5.92 Å². The number of rotatable bonds is 4. The summed E-state index contributed by atoms with van der Waals surface area (Å²) >= 11 is 0. The number of benzene rings is 1. The van der Waals surface area contributed by atoms with E-state index in [9.17, 15) is 14.4 Å². The summed E-state index contributed by atoms with van der Waals surface area (Å²) in [7, 11) is 3.34. The maximum absolute atomic E-state index is 13.1. The quantitative estimate of drug-likeness (QED) is 0.789. The third-order valence-electron chi connectivity index (χ3n) is 5.61. The molecule has 2 rings (SSSR count). The van der Waals surface area contributed by atoms with E-state index in [1.807, 2.05) is 20.8 Å². The molecular formula is C23H35N3O5. The van der Waals surface area contributed by atoms with E-state index < -0.39 is 0 Å². The largest absolute Gasteiger partial charge is 0.491 e. The smallest absolute Gasteiger partial charge is 0.257 e. The van der Waals surface area contributed by atoms with E-state index in [1.54, 1.807) is 49.1 Å². The number of hydrogen-bond acceptors (Lipinski definition) is 5. The van der Waals surface area contributed by atoms with Gasteiger partial charge in [0.05, 0.1) is 17.7 Å². The SMILES string of the molecule is CCCC(=O)Nc1ccc2c(c1)OC[C@@H](C)N(C(C)=O)C[C@@H](C)[C@H](OC)CN(C)C2=O. The highest BCUT2D eigenvalue weighted by Gasteiger charge is 2.29. The molecule has 0 spiro atoms. The molecule has 1 aromatic rings. The molecule has 8 heteroatoms. The minimum atomic E-state index is -0.223. The number of amides is 3. The first-order valence-electron chi connectivity index (χ1n) is 10.8. The maximum atomic E-state index is 13.1. The van der Waals surface area contributed by atoms with Crippen LogP contribution < -0.4 is 10.1 Å². The van der Waals surface area contributed by atoms with Crippen molar-refractivity contribution in [1.82, 2.24) is 9.80 Å². The Morgan fingerprint density at radius 2 is 1.97 bits per heavy atom. The second kappa shape index (κ2) is 11.1. The predicted molar refractivity (Wildman–Crippen MR) is 119 cm³/mol. The van der Waals surface area contributed by atoms with E-state index in [0.29, 0.717) is 36.5 Å². The number of carbonyl (C=O) groups excluding carboxylic acids is 3. The van der Waals surface area contributed by atoms with Crippen LogP contribution in [0, 0.1) is 5.92 Å². The van der Waals surface area contributed by atoms with Crippen LogP contribution in [0.1, 0.15) is 50.9 Å². The average Bonchev–Trinajstić information content (AvgIpc) is 2.72. The normalized spacial score (nSPS) is 22.6. The van der Waals surface area contributed by atoms with Crippen molar-refractivity contribution in [3.8, 4) is 5.75 Å². The van der Waals surface area contributed by atoms with Gasteiger partial charge in [-0.2, -0.15) is 0 Å². The van der Waals surface area contributed by atoms with E-state index in [2.05, 4.69) is 5.32 Å². The Morgan fingerprint density at radius 3 is 2.58 bits per heavy atom. The molecule has 0 aliphatic carbocycles. The molecule has 3 atom stereocenters. The Kier molecular flexibility index (Phi) is 8.86. The zero-order valence-corrected chi connectivity index (χ0v) is 19.4. The number of carbonyl (C=O) groups is 3. The highest BCUT2D eigenvalue weighted by molar-refractivity contribution is 5.98. The van der Waals surface area contributed by atoms with Crippen LogP contribution in [-0.2, 0) is 14.3 Å². The molecule has 0 fully saturated rings. The number of fused-ring (bicyclic) bond motifs is 1. The third kappa shape index (κ3) is 6.43. The number of anilines is 1. The zero-order valence-electron chi connectivity index (χ0n) is 19.4. The molecule has 0 unspecified atom stereocenters. The van der Waals surface area contributed by atoms with Crippen molar-refractivity contribution in [1.29, 1.82) is 0 Å². The van der Waals surface area contributed by atoms with Crippen molar-refractivity contribution >= 4 is 23.4 Å². The predicted octanol–water partition coefficient (Wildman–Crippen LogP) is 2.78. The van der Waals surface area contributed by atoms with Crippen molar-refractivity contribution in [3.05, 3.63) is 23.8 Å². The molecule has 1 heterocycles. The molecule has 172 valence electrons. The molecule has 0 radical (unpaired) electrons. The Hall–Kier alpha value is -2.61. The summed E-state index contributed by atoms with van der Waals surface area (Å²) in [5, 5.41) is 2.84. The summed E-state index contributed by atoms with van der Waals surface area (Å²) in [6, 6.07) is 4.84. The van der Waals surface area contributed by atoms with Gasteiger partial charge in [-0.25, -0.2) is 0 Å². The van der Waals surface area contributed by atoms with Gasteiger partial charge in [0.1, 0.15) is 12.4 Å². The van der Waals surface area contributed by atoms with Crippen LogP contribution in [-0.4, -0.2) is 73.5 Å². The average molecular weight is 434 g/mol. The lowest BCUT2D eigenvalue weighted by Crippen LogP contribution is -2.48.